The molecule has 1 aliphatic rings. The number of hydrogen-bond donors (Lipinski definition) is 0. The van der Waals surface area contributed by atoms with Crippen molar-refractivity contribution in [2.24, 2.45) is 0 Å². The van der Waals surface area contributed by atoms with Gasteiger partial charge < -0.3 is 0 Å². The number of rotatable bonds is 2. The summed E-state index contributed by atoms with van der Waals surface area (Å²) >= 11 is 7.27. The van der Waals surface area contributed by atoms with Gasteiger partial charge in [0, 0.05) is 14.0 Å². The van der Waals surface area contributed by atoms with Gasteiger partial charge in [-0.1, -0.05) is 34.1 Å². The second-order valence-corrected chi connectivity index (χ2v) is 7.06. The molecule has 1 atom stereocenters. The molecule has 1 aromatic carbocycles. The Morgan fingerprint density at radius 3 is 2.88 bits per heavy atom. The molecule has 84 valence electrons. The average Bonchev–Trinajstić information content (AvgIpc) is 2.28. The molecule has 1 unspecified atom stereocenters. The van der Waals surface area contributed by atoms with Crippen molar-refractivity contribution in [1.29, 1.82) is 0 Å². The molecule has 16 heavy (non-hydrogen) atoms. The predicted molar refractivity (Wildman–Crippen MR) is 80.8 cm³/mol. The number of hydrogen-bond acceptors (Lipinski definition) is 2. The van der Waals surface area contributed by atoms with E-state index in [1.807, 2.05) is 23.5 Å². The van der Waals surface area contributed by atoms with Crippen molar-refractivity contribution in [3.8, 4) is 0 Å². The van der Waals surface area contributed by atoms with E-state index >= 15 is 0 Å². The summed E-state index contributed by atoms with van der Waals surface area (Å²) in [6.45, 7) is 2.24. The normalized spacial score (nSPS) is 20.3. The zero-order chi connectivity index (χ0) is 11.5. The van der Waals surface area contributed by atoms with Crippen LogP contribution in [0, 0.1) is 0 Å². The second-order valence-electron chi connectivity index (χ2n) is 3.62. The van der Waals surface area contributed by atoms with E-state index in [9.17, 15) is 0 Å². The molecule has 1 aliphatic heterocycles. The first-order valence-corrected chi connectivity index (χ1v) is 7.99. The first kappa shape index (κ1) is 12.3. The van der Waals surface area contributed by atoms with Crippen LogP contribution in [0.5, 0.6) is 0 Å². The van der Waals surface area contributed by atoms with Crippen molar-refractivity contribution in [1.82, 2.24) is 0 Å². The number of allylic oxidation sites excluding steroid dienone is 2. The van der Waals surface area contributed by atoms with Crippen molar-refractivity contribution in [2.45, 2.75) is 12.2 Å². The Bertz CT molecular complexity index is 449. The largest absolute Gasteiger partial charge is 0.123 e. The molecule has 1 aromatic rings. The Kier molecular flexibility index (Phi) is 4.22. The number of halogens is 1. The monoisotopic (exact) mass is 312 g/mol. The molecule has 2 rings (SSSR count). The highest BCUT2D eigenvalue weighted by Gasteiger charge is 2.12. The molecule has 0 bridgehead atoms. The van der Waals surface area contributed by atoms with Crippen LogP contribution in [0.15, 0.2) is 45.1 Å². The minimum atomic E-state index is 0.557. The van der Waals surface area contributed by atoms with E-state index in [1.54, 1.807) is 0 Å². The Labute approximate surface area is 114 Å². The summed E-state index contributed by atoms with van der Waals surface area (Å²) in [5.41, 5.74) is 2.62. The zero-order valence-corrected chi connectivity index (χ0v) is 12.5. The van der Waals surface area contributed by atoms with Crippen molar-refractivity contribution >= 4 is 45.0 Å². The van der Waals surface area contributed by atoms with Gasteiger partial charge in [0.05, 0.1) is 0 Å². The van der Waals surface area contributed by atoms with Gasteiger partial charge in [-0.05, 0) is 42.5 Å². The van der Waals surface area contributed by atoms with E-state index in [1.165, 1.54) is 15.4 Å². The molecule has 0 fully saturated rings. The third-order valence-corrected chi connectivity index (χ3v) is 5.01. The van der Waals surface area contributed by atoms with Gasteiger partial charge in [-0.3, -0.25) is 0 Å². The van der Waals surface area contributed by atoms with E-state index in [2.05, 4.69) is 65.5 Å². The summed E-state index contributed by atoms with van der Waals surface area (Å²) in [5.74, 6) is 0. The summed E-state index contributed by atoms with van der Waals surface area (Å²) in [7, 11) is 0. The van der Waals surface area contributed by atoms with E-state index in [-0.39, 0.29) is 0 Å². The molecule has 0 saturated heterocycles. The maximum absolute atomic E-state index is 3.52. The average molecular weight is 313 g/mol. The molecule has 0 N–H and O–H groups in total. The van der Waals surface area contributed by atoms with Crippen LogP contribution in [0.3, 0.4) is 0 Å². The highest BCUT2D eigenvalue weighted by molar-refractivity contribution is 9.10. The summed E-state index contributed by atoms with van der Waals surface area (Å²) < 4.78 is 2.53. The molecule has 0 spiro atoms. The minimum absolute atomic E-state index is 0.557. The lowest BCUT2D eigenvalue weighted by molar-refractivity contribution is 1.25. The topological polar surface area (TPSA) is 0 Å². The van der Waals surface area contributed by atoms with E-state index in [0.717, 1.165) is 4.47 Å². The second kappa shape index (κ2) is 5.48. The summed E-state index contributed by atoms with van der Waals surface area (Å²) in [6.07, 6.45) is 6.73. The predicted octanol–water partition coefficient (Wildman–Crippen LogP) is 5.17. The lowest BCUT2D eigenvalue weighted by Crippen LogP contribution is -1.98. The van der Waals surface area contributed by atoms with Gasteiger partial charge in [-0.25, -0.2) is 0 Å². The molecule has 0 aliphatic carbocycles. The van der Waals surface area contributed by atoms with Crippen LogP contribution in [0.2, 0.25) is 0 Å². The van der Waals surface area contributed by atoms with Gasteiger partial charge in [-0.15, -0.1) is 23.5 Å². The fourth-order valence-electron chi connectivity index (χ4n) is 1.63. The SMILES string of the molecule is CSC1=CC(c2cccc(Br)c2)=CC(C)S1. The Balaban J connectivity index is 2.36. The van der Waals surface area contributed by atoms with E-state index in [4.69, 9.17) is 0 Å². The summed E-state index contributed by atoms with van der Waals surface area (Å²) in [4.78, 5) is 0. The van der Waals surface area contributed by atoms with Crippen LogP contribution in [0.4, 0.5) is 0 Å². The molecule has 3 heteroatoms. The van der Waals surface area contributed by atoms with Crippen LogP contribution in [-0.4, -0.2) is 11.5 Å². The quantitative estimate of drug-likeness (QED) is 0.738. The fourth-order valence-corrected chi connectivity index (χ4v) is 3.89. The van der Waals surface area contributed by atoms with Gasteiger partial charge in [0.15, 0.2) is 0 Å². The molecule has 1 heterocycles. The van der Waals surface area contributed by atoms with Crippen LogP contribution in [0.25, 0.3) is 5.57 Å². The fraction of sp³-hybridized carbons (Fsp3) is 0.231. The molecule has 0 aromatic heterocycles. The van der Waals surface area contributed by atoms with Crippen molar-refractivity contribution in [3.63, 3.8) is 0 Å². The van der Waals surface area contributed by atoms with Crippen LogP contribution < -0.4 is 0 Å². The van der Waals surface area contributed by atoms with Gasteiger partial charge in [-0.2, -0.15) is 0 Å². The molecule has 0 amide bonds. The zero-order valence-electron chi connectivity index (χ0n) is 9.24. The maximum atomic E-state index is 3.52. The lowest BCUT2D eigenvalue weighted by atomic mass is 10.0. The third-order valence-electron chi connectivity index (χ3n) is 2.35. The Morgan fingerprint density at radius 2 is 2.19 bits per heavy atom. The molecular formula is C13H13BrS2. The molecular weight excluding hydrogens is 300 g/mol. The Hall–Kier alpha value is -0.120. The van der Waals surface area contributed by atoms with E-state index in [0.29, 0.717) is 5.25 Å². The third kappa shape index (κ3) is 2.96. The van der Waals surface area contributed by atoms with Crippen LogP contribution in [-0.2, 0) is 0 Å². The van der Waals surface area contributed by atoms with Gasteiger partial charge in [0.2, 0.25) is 0 Å². The molecule has 0 radical (unpaired) electrons. The maximum Gasteiger partial charge on any atom is 0.0409 e. The molecule has 0 nitrogen and oxygen atoms in total. The first-order valence-electron chi connectivity index (χ1n) is 5.09. The summed E-state index contributed by atoms with van der Waals surface area (Å²) in [6, 6.07) is 8.47. The number of benzene rings is 1. The van der Waals surface area contributed by atoms with Gasteiger partial charge >= 0.3 is 0 Å². The first-order chi connectivity index (χ1) is 7.69. The van der Waals surface area contributed by atoms with E-state index < -0.39 is 0 Å². The number of thioether (sulfide) groups is 2. The van der Waals surface area contributed by atoms with Crippen LogP contribution in [0.1, 0.15) is 12.5 Å². The van der Waals surface area contributed by atoms with Crippen molar-refractivity contribution in [2.75, 3.05) is 6.26 Å². The van der Waals surface area contributed by atoms with Crippen molar-refractivity contribution < 1.29 is 0 Å². The van der Waals surface area contributed by atoms with Gasteiger partial charge in [0.25, 0.3) is 0 Å². The standard InChI is InChI=1S/C13H13BrS2/c1-9-6-11(8-13(15-2)16-9)10-4-3-5-12(14)7-10/h3-9H,1-2H3. The van der Waals surface area contributed by atoms with Crippen molar-refractivity contribution in [3.05, 3.63) is 50.7 Å². The Morgan fingerprint density at radius 1 is 1.38 bits per heavy atom. The molecule has 0 saturated carbocycles. The smallest absolute Gasteiger partial charge is 0.0409 e. The van der Waals surface area contributed by atoms with Crippen LogP contribution >= 0.6 is 39.5 Å². The lowest BCUT2D eigenvalue weighted by Gasteiger charge is -2.17. The van der Waals surface area contributed by atoms with Gasteiger partial charge in [0.1, 0.15) is 0 Å². The highest BCUT2D eigenvalue weighted by Crippen LogP contribution is 2.38. The highest BCUT2D eigenvalue weighted by atomic mass is 79.9. The minimum Gasteiger partial charge on any atom is -0.123 e. The summed E-state index contributed by atoms with van der Waals surface area (Å²) in [5, 5.41) is 0.557.